The van der Waals surface area contributed by atoms with E-state index in [-0.39, 0.29) is 18.0 Å². The lowest BCUT2D eigenvalue weighted by atomic mass is 10.1. The van der Waals surface area contributed by atoms with Gasteiger partial charge in [0, 0.05) is 5.56 Å². The molecular formula is C19H20O11. The van der Waals surface area contributed by atoms with Gasteiger partial charge in [-0.2, -0.15) is 0 Å². The zero-order valence-electron chi connectivity index (χ0n) is 16.3. The van der Waals surface area contributed by atoms with Crippen molar-refractivity contribution in [2.24, 2.45) is 0 Å². The van der Waals surface area contributed by atoms with Crippen molar-refractivity contribution in [3.63, 3.8) is 0 Å². The molecule has 0 saturated carbocycles. The molecule has 0 N–H and O–H groups in total. The third kappa shape index (κ3) is 9.44. The number of rotatable bonds is 11. The first kappa shape index (κ1) is 24.3. The molecule has 0 saturated heterocycles. The van der Waals surface area contributed by atoms with Gasteiger partial charge < -0.3 is 23.7 Å². The minimum atomic E-state index is -1.06. The molecule has 11 heteroatoms. The number of hydrogen-bond acceptors (Lipinski definition) is 11. The Hall–Kier alpha value is -3.76. The molecule has 0 aromatic heterocycles. The summed E-state index contributed by atoms with van der Waals surface area (Å²) in [7, 11) is 0. The van der Waals surface area contributed by atoms with Crippen molar-refractivity contribution in [1.29, 1.82) is 0 Å². The van der Waals surface area contributed by atoms with Crippen molar-refractivity contribution in [2.45, 2.75) is 26.7 Å². The van der Waals surface area contributed by atoms with Crippen LogP contribution in [0.5, 0.6) is 0 Å². The number of benzene rings is 1. The molecule has 0 fully saturated rings. The van der Waals surface area contributed by atoms with E-state index in [1.54, 1.807) is 6.92 Å². The fourth-order valence-electron chi connectivity index (χ4n) is 1.83. The number of ketones is 1. The minimum Gasteiger partial charge on any atom is -0.466 e. The Bertz CT molecular complexity index is 795. The zero-order valence-corrected chi connectivity index (χ0v) is 16.3. The van der Waals surface area contributed by atoms with Crippen LogP contribution in [0.1, 0.15) is 47.4 Å². The number of carbonyl (C=O) groups is 6. The number of carbonyl (C=O) groups excluding carboxylic acids is 6. The summed E-state index contributed by atoms with van der Waals surface area (Å²) in [5.74, 6) is -4.82. The van der Waals surface area contributed by atoms with Crippen LogP contribution >= 0.6 is 0 Å². The maximum atomic E-state index is 11.8. The Morgan fingerprint density at radius 2 is 1.03 bits per heavy atom. The first-order chi connectivity index (χ1) is 14.2. The lowest BCUT2D eigenvalue weighted by Gasteiger charge is -2.07. The Kier molecular flexibility index (Phi) is 10.2. The topological polar surface area (TPSA) is 149 Å². The number of esters is 5. The van der Waals surface area contributed by atoms with Crippen molar-refractivity contribution in [3.05, 3.63) is 35.4 Å². The predicted octanol–water partition coefficient (Wildman–Crippen LogP) is 0.934. The van der Waals surface area contributed by atoms with Gasteiger partial charge in [-0.05, 0) is 26.0 Å². The molecule has 1 aromatic carbocycles. The van der Waals surface area contributed by atoms with Gasteiger partial charge in [0.2, 0.25) is 13.6 Å². The van der Waals surface area contributed by atoms with E-state index >= 15 is 0 Å². The number of Topliss-reactive ketones (excluding diaryl/α,β-unsaturated/α-hetero) is 1. The van der Waals surface area contributed by atoms with Crippen LogP contribution < -0.4 is 0 Å². The Labute approximate surface area is 171 Å². The van der Waals surface area contributed by atoms with Gasteiger partial charge in [0.25, 0.3) is 0 Å². The summed E-state index contributed by atoms with van der Waals surface area (Å²) in [6, 6.07) is 5.64. The van der Waals surface area contributed by atoms with Gasteiger partial charge >= 0.3 is 29.8 Å². The molecule has 0 amide bonds. The van der Waals surface area contributed by atoms with Crippen LogP contribution in [0.4, 0.5) is 0 Å². The molecule has 1 aromatic rings. The van der Waals surface area contributed by atoms with Crippen molar-refractivity contribution in [1.82, 2.24) is 0 Å². The molecule has 0 radical (unpaired) electrons. The maximum Gasteiger partial charge on any atom is 0.340 e. The fraction of sp³-hybridized carbons (Fsp3) is 0.368. The van der Waals surface area contributed by atoms with Gasteiger partial charge in [-0.3, -0.25) is 24.0 Å². The molecule has 0 aliphatic rings. The maximum absolute atomic E-state index is 11.8. The summed E-state index contributed by atoms with van der Waals surface area (Å²) in [6.07, 6.45) is -1.46. The van der Waals surface area contributed by atoms with Crippen LogP contribution in [0.3, 0.4) is 0 Å². The fourth-order valence-corrected chi connectivity index (χ4v) is 1.83. The highest BCUT2D eigenvalue weighted by Crippen LogP contribution is 2.07. The van der Waals surface area contributed by atoms with Crippen LogP contribution in [-0.2, 0) is 42.9 Å². The minimum absolute atomic E-state index is 0.102. The summed E-state index contributed by atoms with van der Waals surface area (Å²) < 4.78 is 22.8. The second-order valence-electron chi connectivity index (χ2n) is 5.51. The van der Waals surface area contributed by atoms with E-state index in [0.29, 0.717) is 5.56 Å². The van der Waals surface area contributed by atoms with E-state index in [9.17, 15) is 28.8 Å². The van der Waals surface area contributed by atoms with Crippen LogP contribution in [-0.4, -0.2) is 55.8 Å². The standard InChI is InChI=1S/C19H20O11/c1-3-26-15(21)8-16(22)27-10-28-17(23)9-18(24)29-11-30-19(25)14-6-4-13(5-7-14)12(2)20/h4-7H,3,8-11H2,1-2H3. The van der Waals surface area contributed by atoms with Gasteiger partial charge in [-0.1, -0.05) is 12.1 Å². The SMILES string of the molecule is CCOC(=O)CC(=O)OCOC(=O)CC(=O)OCOC(=O)c1ccc(C(C)=O)cc1. The van der Waals surface area contributed by atoms with Crippen LogP contribution in [0.15, 0.2) is 24.3 Å². The monoisotopic (exact) mass is 424 g/mol. The first-order valence-corrected chi connectivity index (χ1v) is 8.63. The zero-order chi connectivity index (χ0) is 22.5. The molecule has 0 bridgehead atoms. The molecule has 0 aliphatic carbocycles. The first-order valence-electron chi connectivity index (χ1n) is 8.63. The summed E-state index contributed by atoms with van der Waals surface area (Å²) in [5, 5.41) is 0. The molecular weight excluding hydrogens is 404 g/mol. The highest BCUT2D eigenvalue weighted by Gasteiger charge is 2.16. The van der Waals surface area contributed by atoms with E-state index in [1.165, 1.54) is 31.2 Å². The van der Waals surface area contributed by atoms with Crippen LogP contribution in [0.2, 0.25) is 0 Å². The second kappa shape index (κ2) is 12.6. The smallest absolute Gasteiger partial charge is 0.340 e. The van der Waals surface area contributed by atoms with E-state index in [0.717, 1.165) is 0 Å². The lowest BCUT2D eigenvalue weighted by Crippen LogP contribution is -2.20. The quantitative estimate of drug-likeness (QED) is 0.164. The largest absolute Gasteiger partial charge is 0.466 e. The van der Waals surface area contributed by atoms with Crippen LogP contribution in [0.25, 0.3) is 0 Å². The highest BCUT2D eigenvalue weighted by molar-refractivity contribution is 5.96. The van der Waals surface area contributed by atoms with Gasteiger partial charge in [0.05, 0.1) is 12.2 Å². The lowest BCUT2D eigenvalue weighted by molar-refractivity contribution is -0.171. The van der Waals surface area contributed by atoms with Crippen molar-refractivity contribution >= 4 is 35.6 Å². The van der Waals surface area contributed by atoms with E-state index in [4.69, 9.17) is 4.74 Å². The summed E-state index contributed by atoms with van der Waals surface area (Å²) >= 11 is 0. The molecule has 162 valence electrons. The molecule has 0 heterocycles. The normalized spacial score (nSPS) is 9.80. The predicted molar refractivity (Wildman–Crippen MR) is 95.7 cm³/mol. The van der Waals surface area contributed by atoms with Gasteiger partial charge in [0.15, 0.2) is 5.78 Å². The molecule has 0 atom stereocenters. The highest BCUT2D eigenvalue weighted by atomic mass is 16.7. The molecule has 0 spiro atoms. The van der Waals surface area contributed by atoms with E-state index in [2.05, 4.69) is 18.9 Å². The molecule has 30 heavy (non-hydrogen) atoms. The molecule has 0 aliphatic heterocycles. The van der Waals surface area contributed by atoms with Crippen molar-refractivity contribution in [2.75, 3.05) is 20.2 Å². The van der Waals surface area contributed by atoms with Gasteiger partial charge in [-0.25, -0.2) is 4.79 Å². The number of hydrogen-bond donors (Lipinski definition) is 0. The number of ether oxygens (including phenoxy) is 5. The Balaban J connectivity index is 2.23. The third-order valence-electron chi connectivity index (χ3n) is 3.26. The second-order valence-corrected chi connectivity index (χ2v) is 5.51. The van der Waals surface area contributed by atoms with E-state index < -0.39 is 56.3 Å². The van der Waals surface area contributed by atoms with Gasteiger partial charge in [0.1, 0.15) is 12.8 Å². The summed E-state index contributed by atoms with van der Waals surface area (Å²) in [4.78, 5) is 68.1. The van der Waals surface area contributed by atoms with Crippen molar-refractivity contribution < 1.29 is 52.5 Å². The van der Waals surface area contributed by atoms with Crippen LogP contribution in [0, 0.1) is 0 Å². The molecule has 0 unspecified atom stereocenters. The average molecular weight is 424 g/mol. The average Bonchev–Trinajstić information content (AvgIpc) is 2.67. The third-order valence-corrected chi connectivity index (χ3v) is 3.26. The molecule has 11 nitrogen and oxygen atoms in total. The van der Waals surface area contributed by atoms with Gasteiger partial charge in [-0.15, -0.1) is 0 Å². The Morgan fingerprint density at radius 3 is 1.47 bits per heavy atom. The molecule has 1 rings (SSSR count). The van der Waals surface area contributed by atoms with Crippen molar-refractivity contribution in [3.8, 4) is 0 Å². The Morgan fingerprint density at radius 1 is 0.633 bits per heavy atom. The van der Waals surface area contributed by atoms with E-state index in [1.807, 2.05) is 0 Å². The summed E-state index contributed by atoms with van der Waals surface area (Å²) in [6.45, 7) is 1.51. The summed E-state index contributed by atoms with van der Waals surface area (Å²) in [5.41, 5.74) is 0.558.